The average molecular weight is 447 g/mol. The van der Waals surface area contributed by atoms with Gasteiger partial charge in [0.25, 0.3) is 0 Å². The van der Waals surface area contributed by atoms with Gasteiger partial charge < -0.3 is 9.50 Å². The maximum atomic E-state index is 12.9. The van der Waals surface area contributed by atoms with Crippen LogP contribution in [-0.2, 0) is 20.7 Å². The SMILES string of the molecule is CC(NC1C=C(OS(=O)(=O)C(F)(F)F)c2ccccc2C1)c1cccc2ccccc12. The maximum absolute atomic E-state index is 12.9. The molecule has 0 saturated heterocycles. The third-order valence-electron chi connectivity index (χ3n) is 5.31. The molecule has 8 heteroatoms. The fourth-order valence-corrected chi connectivity index (χ4v) is 4.37. The number of alkyl halides is 3. The summed E-state index contributed by atoms with van der Waals surface area (Å²) in [5.41, 5.74) is -3.42. The van der Waals surface area contributed by atoms with Crippen LogP contribution in [0.4, 0.5) is 13.2 Å². The maximum Gasteiger partial charge on any atom is 0.534 e. The molecule has 3 aromatic rings. The second-order valence-electron chi connectivity index (χ2n) is 7.44. The number of nitrogens with one attached hydrogen (secondary N) is 1. The molecular weight excluding hydrogens is 427 g/mol. The standard InChI is InChI=1S/C23H20F3NO3S/c1-15(19-12-6-9-16-7-2-4-10-20(16)19)27-18-13-17-8-3-5-11-21(17)22(14-18)30-31(28,29)23(24,25)26/h2-12,14-15,18,27H,13H2,1H3. The predicted octanol–water partition coefficient (Wildman–Crippen LogP) is 5.32. The van der Waals surface area contributed by atoms with Crippen LogP contribution in [0.15, 0.2) is 72.8 Å². The van der Waals surface area contributed by atoms with Crippen LogP contribution in [0.1, 0.15) is 29.7 Å². The molecular formula is C23H20F3NO3S. The lowest BCUT2D eigenvalue weighted by Gasteiger charge is -2.28. The first-order valence-electron chi connectivity index (χ1n) is 9.70. The molecule has 0 saturated carbocycles. The lowest BCUT2D eigenvalue weighted by molar-refractivity contribution is -0.0509. The molecule has 31 heavy (non-hydrogen) atoms. The van der Waals surface area contributed by atoms with Crippen LogP contribution in [0.3, 0.4) is 0 Å². The van der Waals surface area contributed by atoms with E-state index < -0.39 is 21.7 Å². The van der Waals surface area contributed by atoms with Crippen molar-refractivity contribution in [3.63, 3.8) is 0 Å². The minimum Gasteiger partial charge on any atom is -0.376 e. The molecule has 0 spiro atoms. The Bertz CT molecular complexity index is 1250. The zero-order valence-electron chi connectivity index (χ0n) is 16.6. The van der Waals surface area contributed by atoms with Crippen LogP contribution < -0.4 is 5.32 Å². The molecule has 0 aromatic heterocycles. The highest BCUT2D eigenvalue weighted by molar-refractivity contribution is 7.87. The molecule has 4 nitrogen and oxygen atoms in total. The number of benzene rings is 3. The van der Waals surface area contributed by atoms with E-state index in [1.165, 1.54) is 6.08 Å². The number of hydrogen-bond acceptors (Lipinski definition) is 4. The summed E-state index contributed by atoms with van der Waals surface area (Å²) in [6, 6.07) is 20.0. The number of halogens is 3. The Balaban J connectivity index is 1.66. The summed E-state index contributed by atoms with van der Waals surface area (Å²) in [6.07, 6.45) is 1.90. The first kappa shape index (κ1) is 21.4. The zero-order valence-corrected chi connectivity index (χ0v) is 17.4. The Morgan fingerprint density at radius 3 is 2.45 bits per heavy atom. The molecule has 0 amide bonds. The molecule has 0 bridgehead atoms. The minimum atomic E-state index is -5.77. The molecule has 1 aliphatic carbocycles. The first-order valence-corrected chi connectivity index (χ1v) is 11.1. The lowest BCUT2D eigenvalue weighted by Crippen LogP contribution is -2.35. The molecule has 0 aliphatic heterocycles. The summed E-state index contributed by atoms with van der Waals surface area (Å²) in [6.45, 7) is 1.96. The number of rotatable bonds is 5. The highest BCUT2D eigenvalue weighted by Gasteiger charge is 2.49. The van der Waals surface area contributed by atoms with E-state index in [0.717, 1.165) is 16.3 Å². The third kappa shape index (κ3) is 4.31. The molecule has 0 radical (unpaired) electrons. The second kappa shape index (κ2) is 8.01. The fraction of sp³-hybridized carbons (Fsp3) is 0.217. The molecule has 0 fully saturated rings. The van der Waals surface area contributed by atoms with Crippen molar-refractivity contribution in [3.8, 4) is 0 Å². The first-order chi connectivity index (χ1) is 14.7. The van der Waals surface area contributed by atoms with Gasteiger partial charge in [-0.15, -0.1) is 0 Å². The van der Waals surface area contributed by atoms with Gasteiger partial charge in [0.05, 0.1) is 0 Å². The van der Waals surface area contributed by atoms with E-state index in [4.69, 9.17) is 0 Å². The van der Waals surface area contributed by atoms with Crippen LogP contribution in [0.5, 0.6) is 0 Å². The smallest absolute Gasteiger partial charge is 0.376 e. The van der Waals surface area contributed by atoms with E-state index in [2.05, 4.69) is 9.50 Å². The summed E-state index contributed by atoms with van der Waals surface area (Å²) < 4.78 is 66.4. The molecule has 162 valence electrons. The van der Waals surface area contributed by atoms with Gasteiger partial charge in [-0.3, -0.25) is 0 Å². The van der Waals surface area contributed by atoms with E-state index in [9.17, 15) is 21.6 Å². The van der Waals surface area contributed by atoms with E-state index in [1.54, 1.807) is 24.3 Å². The topological polar surface area (TPSA) is 55.4 Å². The zero-order chi connectivity index (χ0) is 22.2. The number of hydrogen-bond donors (Lipinski definition) is 1. The molecule has 0 heterocycles. The van der Waals surface area contributed by atoms with Gasteiger partial charge in [-0.25, -0.2) is 0 Å². The van der Waals surface area contributed by atoms with E-state index in [1.807, 2.05) is 49.4 Å². The van der Waals surface area contributed by atoms with Gasteiger partial charge in [-0.2, -0.15) is 21.6 Å². The van der Waals surface area contributed by atoms with Gasteiger partial charge >= 0.3 is 15.6 Å². The predicted molar refractivity (Wildman–Crippen MR) is 113 cm³/mol. The highest BCUT2D eigenvalue weighted by atomic mass is 32.2. The van der Waals surface area contributed by atoms with Crippen molar-refractivity contribution in [2.75, 3.05) is 0 Å². The Morgan fingerprint density at radius 2 is 1.68 bits per heavy atom. The van der Waals surface area contributed by atoms with Crippen molar-refractivity contribution in [1.29, 1.82) is 0 Å². The van der Waals surface area contributed by atoms with Crippen molar-refractivity contribution >= 4 is 26.6 Å². The monoisotopic (exact) mass is 447 g/mol. The van der Waals surface area contributed by atoms with E-state index in [0.29, 0.717) is 17.5 Å². The largest absolute Gasteiger partial charge is 0.534 e. The normalized spacial score (nSPS) is 17.7. The van der Waals surface area contributed by atoms with Crippen LogP contribution in [0.25, 0.3) is 16.5 Å². The van der Waals surface area contributed by atoms with E-state index >= 15 is 0 Å². The minimum absolute atomic E-state index is 0.141. The van der Waals surface area contributed by atoms with Crippen molar-refractivity contribution in [2.45, 2.75) is 30.9 Å². The lowest BCUT2D eigenvalue weighted by atomic mass is 9.91. The second-order valence-corrected chi connectivity index (χ2v) is 8.98. The highest BCUT2D eigenvalue weighted by Crippen LogP contribution is 2.34. The van der Waals surface area contributed by atoms with Crippen molar-refractivity contribution in [3.05, 3.63) is 89.5 Å². The van der Waals surface area contributed by atoms with Crippen molar-refractivity contribution < 1.29 is 25.8 Å². The molecule has 4 rings (SSSR count). The number of fused-ring (bicyclic) bond motifs is 2. The van der Waals surface area contributed by atoms with Crippen molar-refractivity contribution in [2.24, 2.45) is 0 Å². The summed E-state index contributed by atoms with van der Waals surface area (Å²) in [7, 11) is -5.77. The Morgan fingerprint density at radius 1 is 1.00 bits per heavy atom. The average Bonchev–Trinajstić information content (AvgIpc) is 2.72. The summed E-state index contributed by atoms with van der Waals surface area (Å²) in [4.78, 5) is 0. The Hall–Kier alpha value is -2.84. The summed E-state index contributed by atoms with van der Waals surface area (Å²) in [5, 5.41) is 5.54. The van der Waals surface area contributed by atoms with Gasteiger partial charge in [0.2, 0.25) is 0 Å². The summed E-state index contributed by atoms with van der Waals surface area (Å²) in [5.74, 6) is -0.318. The molecule has 1 aliphatic rings. The van der Waals surface area contributed by atoms with Gasteiger partial charge in [-0.05, 0) is 41.3 Å². The van der Waals surface area contributed by atoms with Crippen LogP contribution >= 0.6 is 0 Å². The molecule has 1 N–H and O–H groups in total. The molecule has 3 aromatic carbocycles. The summed E-state index contributed by atoms with van der Waals surface area (Å²) >= 11 is 0. The van der Waals surface area contributed by atoms with Crippen LogP contribution in [0.2, 0.25) is 0 Å². The van der Waals surface area contributed by atoms with Crippen molar-refractivity contribution in [1.82, 2.24) is 5.32 Å². The Labute approximate surface area is 178 Å². The van der Waals surface area contributed by atoms with Gasteiger partial charge in [0.15, 0.2) is 0 Å². The fourth-order valence-electron chi connectivity index (χ4n) is 3.89. The Kier molecular flexibility index (Phi) is 5.53. The van der Waals surface area contributed by atoms with E-state index in [-0.39, 0.29) is 11.8 Å². The third-order valence-corrected chi connectivity index (χ3v) is 6.28. The van der Waals surface area contributed by atoms with Gasteiger partial charge in [0.1, 0.15) is 5.76 Å². The van der Waals surface area contributed by atoms with Crippen LogP contribution in [0, 0.1) is 0 Å². The van der Waals surface area contributed by atoms with Gasteiger partial charge in [0, 0.05) is 17.6 Å². The molecule has 2 unspecified atom stereocenters. The quantitative estimate of drug-likeness (QED) is 0.425. The van der Waals surface area contributed by atoms with Gasteiger partial charge in [-0.1, -0.05) is 66.7 Å². The van der Waals surface area contributed by atoms with Crippen LogP contribution in [-0.4, -0.2) is 20.0 Å². The molecule has 2 atom stereocenters.